The molecule has 2 bridgehead atoms. The van der Waals surface area contributed by atoms with Crippen LogP contribution in [0.15, 0.2) is 36.4 Å². The number of allylic oxidation sites excluding steroid dienone is 2. The van der Waals surface area contributed by atoms with Crippen molar-refractivity contribution in [1.29, 1.82) is 0 Å². The molecule has 3 atom stereocenters. The molecule has 0 radical (unpaired) electrons. The summed E-state index contributed by atoms with van der Waals surface area (Å²) < 4.78 is 10.7. The third kappa shape index (κ3) is 3.46. The fraction of sp³-hybridized carbons (Fsp3) is 0.474. The third-order valence-corrected chi connectivity index (χ3v) is 4.55. The molecule has 1 fully saturated rings. The number of rotatable bonds is 5. The van der Waals surface area contributed by atoms with Gasteiger partial charge in [0.15, 0.2) is 0 Å². The number of hydrogen-bond acceptors (Lipinski definition) is 4. The van der Waals surface area contributed by atoms with Gasteiger partial charge in [-0.1, -0.05) is 24.3 Å². The van der Waals surface area contributed by atoms with Crippen LogP contribution < -0.4 is 0 Å². The van der Waals surface area contributed by atoms with E-state index in [1.807, 2.05) is 0 Å². The normalized spacial score (nSPS) is 24.9. The first-order chi connectivity index (χ1) is 11.0. The Morgan fingerprint density at radius 2 is 1.78 bits per heavy atom. The van der Waals surface area contributed by atoms with Gasteiger partial charge in [0.05, 0.1) is 23.8 Å². The summed E-state index contributed by atoms with van der Waals surface area (Å²) in [6.45, 7) is 3.97. The Balaban J connectivity index is 1.65. The number of esters is 2. The Labute approximate surface area is 136 Å². The highest BCUT2D eigenvalue weighted by Gasteiger charge is 2.36. The second-order valence-corrected chi connectivity index (χ2v) is 6.64. The summed E-state index contributed by atoms with van der Waals surface area (Å²) in [4.78, 5) is 24.5. The van der Waals surface area contributed by atoms with E-state index in [1.54, 1.807) is 38.1 Å². The maximum Gasteiger partial charge on any atom is 0.339 e. The van der Waals surface area contributed by atoms with Crippen LogP contribution in [0.4, 0.5) is 0 Å². The van der Waals surface area contributed by atoms with Gasteiger partial charge >= 0.3 is 11.9 Å². The van der Waals surface area contributed by atoms with Crippen LogP contribution in [0.2, 0.25) is 0 Å². The largest absolute Gasteiger partial charge is 0.462 e. The molecule has 1 aromatic carbocycles. The maximum absolute atomic E-state index is 12.4. The van der Waals surface area contributed by atoms with Crippen molar-refractivity contribution in [1.82, 2.24) is 0 Å². The molecular formula is C19H22O4. The molecule has 23 heavy (non-hydrogen) atoms. The van der Waals surface area contributed by atoms with Crippen molar-refractivity contribution < 1.29 is 19.1 Å². The molecule has 0 aliphatic heterocycles. The topological polar surface area (TPSA) is 52.6 Å². The fourth-order valence-electron chi connectivity index (χ4n) is 3.46. The lowest BCUT2D eigenvalue weighted by molar-refractivity contribution is 0.0346. The second kappa shape index (κ2) is 6.57. The van der Waals surface area contributed by atoms with Crippen LogP contribution in [0.25, 0.3) is 0 Å². The smallest absolute Gasteiger partial charge is 0.339 e. The van der Waals surface area contributed by atoms with Crippen LogP contribution in [-0.4, -0.2) is 24.6 Å². The molecule has 3 unspecified atom stereocenters. The molecule has 1 saturated carbocycles. The summed E-state index contributed by atoms with van der Waals surface area (Å²) in [6.07, 6.45) is 6.54. The molecule has 0 saturated heterocycles. The maximum atomic E-state index is 12.4. The Morgan fingerprint density at radius 3 is 2.35 bits per heavy atom. The summed E-state index contributed by atoms with van der Waals surface area (Å²) in [6, 6.07) is 6.65. The standard InChI is InChI=1S/C19H22O4/c1-12(2)23-19(21)17-6-4-3-5-16(17)18(20)22-11-15-10-13-7-8-14(15)9-13/h3-8,12-15H,9-11H2,1-2H3. The molecule has 0 spiro atoms. The van der Waals surface area contributed by atoms with Crippen molar-refractivity contribution in [3.05, 3.63) is 47.5 Å². The zero-order valence-electron chi connectivity index (χ0n) is 13.5. The predicted octanol–water partition coefficient (Wildman–Crippen LogP) is 3.62. The van der Waals surface area contributed by atoms with Crippen molar-refractivity contribution in [2.75, 3.05) is 6.61 Å². The van der Waals surface area contributed by atoms with E-state index >= 15 is 0 Å². The molecule has 0 heterocycles. The van der Waals surface area contributed by atoms with Crippen molar-refractivity contribution in [3.63, 3.8) is 0 Å². The number of benzene rings is 1. The van der Waals surface area contributed by atoms with Gasteiger partial charge in [-0.05, 0) is 56.6 Å². The highest BCUT2D eigenvalue weighted by Crippen LogP contribution is 2.43. The van der Waals surface area contributed by atoms with Gasteiger partial charge in [0.25, 0.3) is 0 Å². The van der Waals surface area contributed by atoms with Gasteiger partial charge in [-0.3, -0.25) is 0 Å². The van der Waals surface area contributed by atoms with Crippen LogP contribution >= 0.6 is 0 Å². The number of fused-ring (bicyclic) bond motifs is 2. The van der Waals surface area contributed by atoms with Crippen molar-refractivity contribution in [2.24, 2.45) is 17.8 Å². The van der Waals surface area contributed by atoms with Gasteiger partial charge in [0.1, 0.15) is 0 Å². The molecule has 2 aliphatic rings. The molecular weight excluding hydrogens is 292 g/mol. The second-order valence-electron chi connectivity index (χ2n) is 6.64. The lowest BCUT2D eigenvalue weighted by Crippen LogP contribution is -2.20. The lowest BCUT2D eigenvalue weighted by atomic mass is 9.94. The molecule has 0 N–H and O–H groups in total. The Kier molecular flexibility index (Phi) is 4.51. The van der Waals surface area contributed by atoms with Crippen LogP contribution in [0.3, 0.4) is 0 Å². The average Bonchev–Trinajstić information content (AvgIpc) is 3.14. The number of hydrogen-bond donors (Lipinski definition) is 0. The highest BCUT2D eigenvalue weighted by atomic mass is 16.5. The number of carbonyl (C=O) groups is 2. The van der Waals surface area contributed by atoms with E-state index in [0.717, 1.165) is 6.42 Å². The van der Waals surface area contributed by atoms with Crippen LogP contribution in [-0.2, 0) is 9.47 Å². The summed E-state index contributed by atoms with van der Waals surface area (Å²) in [5, 5.41) is 0. The Morgan fingerprint density at radius 1 is 1.09 bits per heavy atom. The van der Waals surface area contributed by atoms with Gasteiger partial charge in [0, 0.05) is 0 Å². The molecule has 4 nitrogen and oxygen atoms in total. The van der Waals surface area contributed by atoms with Crippen LogP contribution in [0, 0.1) is 17.8 Å². The fourth-order valence-corrected chi connectivity index (χ4v) is 3.46. The SMILES string of the molecule is CC(C)OC(=O)c1ccccc1C(=O)OCC1CC2C=CC1C2. The molecule has 4 heteroatoms. The summed E-state index contributed by atoms with van der Waals surface area (Å²) in [5.74, 6) is 0.651. The first-order valence-electron chi connectivity index (χ1n) is 8.20. The zero-order chi connectivity index (χ0) is 16.4. The molecule has 0 amide bonds. The van der Waals surface area contributed by atoms with E-state index in [2.05, 4.69) is 12.2 Å². The van der Waals surface area contributed by atoms with E-state index in [0.29, 0.717) is 24.4 Å². The van der Waals surface area contributed by atoms with Gasteiger partial charge in [-0.2, -0.15) is 0 Å². The van der Waals surface area contributed by atoms with E-state index in [4.69, 9.17) is 9.47 Å². The van der Waals surface area contributed by atoms with Gasteiger partial charge in [-0.25, -0.2) is 9.59 Å². The predicted molar refractivity (Wildman–Crippen MR) is 86.1 cm³/mol. The number of carbonyl (C=O) groups excluding carboxylic acids is 2. The Bertz CT molecular complexity index is 632. The minimum absolute atomic E-state index is 0.229. The monoisotopic (exact) mass is 314 g/mol. The van der Waals surface area contributed by atoms with Crippen molar-refractivity contribution in [3.8, 4) is 0 Å². The molecule has 3 rings (SSSR count). The first kappa shape index (κ1) is 15.8. The van der Waals surface area contributed by atoms with E-state index in [-0.39, 0.29) is 17.2 Å². The van der Waals surface area contributed by atoms with Crippen LogP contribution in [0.1, 0.15) is 47.4 Å². The summed E-state index contributed by atoms with van der Waals surface area (Å²) in [5.41, 5.74) is 0.538. The van der Waals surface area contributed by atoms with Crippen molar-refractivity contribution in [2.45, 2.75) is 32.8 Å². The lowest BCUT2D eigenvalue weighted by Gasteiger charge is -2.18. The van der Waals surface area contributed by atoms with Gasteiger partial charge < -0.3 is 9.47 Å². The minimum Gasteiger partial charge on any atom is -0.462 e. The van der Waals surface area contributed by atoms with Crippen molar-refractivity contribution >= 4 is 11.9 Å². The first-order valence-corrected chi connectivity index (χ1v) is 8.20. The summed E-state index contributed by atoms with van der Waals surface area (Å²) in [7, 11) is 0. The zero-order valence-corrected chi connectivity index (χ0v) is 13.5. The third-order valence-electron chi connectivity index (χ3n) is 4.55. The van der Waals surface area contributed by atoms with E-state index in [1.165, 1.54) is 6.42 Å². The molecule has 2 aliphatic carbocycles. The highest BCUT2D eigenvalue weighted by molar-refractivity contribution is 6.03. The minimum atomic E-state index is -0.490. The molecule has 0 aromatic heterocycles. The molecule has 1 aromatic rings. The quantitative estimate of drug-likeness (QED) is 0.615. The molecule has 122 valence electrons. The Hall–Kier alpha value is -2.10. The van der Waals surface area contributed by atoms with Crippen LogP contribution in [0.5, 0.6) is 0 Å². The average molecular weight is 314 g/mol. The van der Waals surface area contributed by atoms with Gasteiger partial charge in [0.2, 0.25) is 0 Å². The van der Waals surface area contributed by atoms with Gasteiger partial charge in [-0.15, -0.1) is 0 Å². The van der Waals surface area contributed by atoms with E-state index < -0.39 is 11.9 Å². The summed E-state index contributed by atoms with van der Waals surface area (Å²) >= 11 is 0. The van der Waals surface area contributed by atoms with E-state index in [9.17, 15) is 9.59 Å². The number of ether oxygens (including phenoxy) is 2.